The molecule has 1 aromatic carbocycles. The maximum absolute atomic E-state index is 5.41. The molecule has 0 radical (unpaired) electrons. The van der Waals surface area contributed by atoms with Gasteiger partial charge in [0, 0.05) is 0 Å². The minimum absolute atomic E-state index is 0.761. The maximum atomic E-state index is 5.41. The van der Waals surface area contributed by atoms with Crippen LogP contribution in [0.2, 0.25) is 0 Å². The van der Waals surface area contributed by atoms with E-state index in [4.69, 9.17) is 4.74 Å². The molecule has 1 heteroatoms. The van der Waals surface area contributed by atoms with E-state index < -0.39 is 0 Å². The fraction of sp³-hybridized carbons (Fsp3) is 0.600. The van der Waals surface area contributed by atoms with E-state index >= 15 is 0 Å². The van der Waals surface area contributed by atoms with Crippen LogP contribution in [0.4, 0.5) is 0 Å². The first-order chi connectivity index (χ1) is 7.81. The van der Waals surface area contributed by atoms with Gasteiger partial charge in [0.05, 0.1) is 7.11 Å². The highest BCUT2D eigenvalue weighted by Gasteiger charge is 2.15. The fourth-order valence-electron chi connectivity index (χ4n) is 2.70. The molecule has 0 N–H and O–H groups in total. The van der Waals surface area contributed by atoms with Crippen molar-refractivity contribution in [3.05, 3.63) is 29.3 Å². The van der Waals surface area contributed by atoms with Crippen molar-refractivity contribution in [2.24, 2.45) is 0 Å². The van der Waals surface area contributed by atoms with E-state index in [0.29, 0.717) is 0 Å². The molecule has 1 nitrogen and oxygen atoms in total. The van der Waals surface area contributed by atoms with Gasteiger partial charge in [0.1, 0.15) is 5.75 Å². The lowest BCUT2D eigenvalue weighted by atomic mass is 9.91. The molecule has 16 heavy (non-hydrogen) atoms. The van der Waals surface area contributed by atoms with E-state index in [-0.39, 0.29) is 0 Å². The molecule has 1 fully saturated rings. The molecule has 1 aromatic rings. The summed E-state index contributed by atoms with van der Waals surface area (Å²) < 4.78 is 5.41. The van der Waals surface area contributed by atoms with Crippen molar-refractivity contribution < 1.29 is 4.74 Å². The Morgan fingerprint density at radius 2 is 1.75 bits per heavy atom. The first-order valence-corrected chi connectivity index (χ1v) is 6.46. The van der Waals surface area contributed by atoms with Gasteiger partial charge in [-0.3, -0.25) is 0 Å². The fourth-order valence-corrected chi connectivity index (χ4v) is 2.70. The lowest BCUT2D eigenvalue weighted by Crippen LogP contribution is -1.98. The van der Waals surface area contributed by atoms with Crippen molar-refractivity contribution in [1.82, 2.24) is 0 Å². The number of rotatable bonds is 2. The molecular formula is C15H22O. The highest BCUT2D eigenvalue weighted by atomic mass is 16.5. The zero-order valence-corrected chi connectivity index (χ0v) is 10.5. The topological polar surface area (TPSA) is 9.23 Å². The second kappa shape index (κ2) is 5.38. The molecule has 0 atom stereocenters. The van der Waals surface area contributed by atoms with Crippen LogP contribution < -0.4 is 4.74 Å². The van der Waals surface area contributed by atoms with Crippen LogP contribution in [0.15, 0.2) is 18.2 Å². The largest absolute Gasteiger partial charge is 0.496 e. The van der Waals surface area contributed by atoms with Crippen molar-refractivity contribution in [2.75, 3.05) is 7.11 Å². The average molecular weight is 218 g/mol. The molecule has 1 saturated carbocycles. The van der Waals surface area contributed by atoms with Crippen molar-refractivity contribution in [3.8, 4) is 5.75 Å². The van der Waals surface area contributed by atoms with Crippen molar-refractivity contribution in [1.29, 1.82) is 0 Å². The highest BCUT2D eigenvalue weighted by Crippen LogP contribution is 2.33. The van der Waals surface area contributed by atoms with Gasteiger partial charge in [-0.2, -0.15) is 0 Å². The summed E-state index contributed by atoms with van der Waals surface area (Å²) in [6.07, 6.45) is 8.32. The van der Waals surface area contributed by atoms with Gasteiger partial charge >= 0.3 is 0 Å². The van der Waals surface area contributed by atoms with Gasteiger partial charge in [-0.15, -0.1) is 0 Å². The Labute approximate surface area is 98.8 Å². The molecule has 0 aromatic heterocycles. The second-order valence-electron chi connectivity index (χ2n) is 4.92. The second-order valence-corrected chi connectivity index (χ2v) is 4.92. The molecule has 1 aliphatic rings. The highest BCUT2D eigenvalue weighted by molar-refractivity contribution is 5.38. The minimum atomic E-state index is 0.761. The Bertz CT molecular complexity index is 335. The van der Waals surface area contributed by atoms with E-state index in [1.54, 1.807) is 7.11 Å². The number of hydrogen-bond donors (Lipinski definition) is 0. The molecule has 0 saturated heterocycles. The number of methoxy groups -OCH3 is 1. The molecule has 0 aliphatic heterocycles. The first kappa shape index (κ1) is 11.5. The Morgan fingerprint density at radius 1 is 1.06 bits per heavy atom. The quantitative estimate of drug-likeness (QED) is 0.667. The molecule has 1 aliphatic carbocycles. The minimum Gasteiger partial charge on any atom is -0.496 e. The standard InChI is InChI=1S/C15H22O/c1-12-9-10-14(11-15(12)16-2)13-7-5-3-4-6-8-13/h9-11,13H,3-8H2,1-2H3. The molecular weight excluding hydrogens is 196 g/mol. The van der Waals surface area contributed by atoms with Gasteiger partial charge in [0.2, 0.25) is 0 Å². The lowest BCUT2D eigenvalue weighted by Gasteiger charge is -2.16. The van der Waals surface area contributed by atoms with Crippen LogP contribution in [0.1, 0.15) is 55.6 Å². The Hall–Kier alpha value is -0.980. The predicted molar refractivity (Wildman–Crippen MR) is 68.2 cm³/mol. The van der Waals surface area contributed by atoms with Crippen molar-refractivity contribution in [3.63, 3.8) is 0 Å². The van der Waals surface area contributed by atoms with Gasteiger partial charge in [-0.05, 0) is 42.9 Å². The summed E-state index contributed by atoms with van der Waals surface area (Å²) in [6, 6.07) is 6.72. The van der Waals surface area contributed by atoms with Crippen LogP contribution >= 0.6 is 0 Å². The first-order valence-electron chi connectivity index (χ1n) is 6.46. The molecule has 88 valence electrons. The Balaban J connectivity index is 2.18. The molecule has 0 amide bonds. The Kier molecular flexibility index (Phi) is 3.87. The SMILES string of the molecule is COc1cc(C2CCCCCC2)ccc1C. The van der Waals surface area contributed by atoms with E-state index in [2.05, 4.69) is 25.1 Å². The molecule has 0 heterocycles. The zero-order chi connectivity index (χ0) is 11.4. The predicted octanol–water partition coefficient (Wildman–Crippen LogP) is 4.44. The summed E-state index contributed by atoms with van der Waals surface area (Å²) in [4.78, 5) is 0. The number of hydrogen-bond acceptors (Lipinski definition) is 1. The maximum Gasteiger partial charge on any atom is 0.122 e. The molecule has 0 unspecified atom stereocenters. The smallest absolute Gasteiger partial charge is 0.122 e. The van der Waals surface area contributed by atoms with E-state index in [9.17, 15) is 0 Å². The number of ether oxygens (including phenoxy) is 1. The third-order valence-corrected chi connectivity index (χ3v) is 3.76. The third-order valence-electron chi connectivity index (χ3n) is 3.76. The van der Waals surface area contributed by atoms with Gasteiger partial charge in [-0.25, -0.2) is 0 Å². The number of aryl methyl sites for hydroxylation is 1. The summed E-state index contributed by atoms with van der Waals surface area (Å²) in [6.45, 7) is 2.11. The van der Waals surface area contributed by atoms with Gasteiger partial charge in [-0.1, -0.05) is 37.8 Å². The zero-order valence-electron chi connectivity index (χ0n) is 10.5. The Morgan fingerprint density at radius 3 is 2.38 bits per heavy atom. The monoisotopic (exact) mass is 218 g/mol. The van der Waals surface area contributed by atoms with Crippen LogP contribution in [-0.4, -0.2) is 7.11 Å². The summed E-state index contributed by atoms with van der Waals surface area (Å²) in [5.41, 5.74) is 2.71. The van der Waals surface area contributed by atoms with Gasteiger partial charge in [0.15, 0.2) is 0 Å². The molecule has 0 spiro atoms. The van der Waals surface area contributed by atoms with Gasteiger partial charge in [0.25, 0.3) is 0 Å². The van der Waals surface area contributed by atoms with E-state index in [0.717, 1.165) is 11.7 Å². The van der Waals surface area contributed by atoms with E-state index in [1.807, 2.05) is 0 Å². The summed E-state index contributed by atoms with van der Waals surface area (Å²) in [5, 5.41) is 0. The normalized spacial score (nSPS) is 18.1. The van der Waals surface area contributed by atoms with Crippen LogP contribution in [0, 0.1) is 6.92 Å². The molecule has 0 bridgehead atoms. The third kappa shape index (κ3) is 2.58. The average Bonchev–Trinajstić information content (AvgIpc) is 2.58. The lowest BCUT2D eigenvalue weighted by molar-refractivity contribution is 0.410. The van der Waals surface area contributed by atoms with Gasteiger partial charge < -0.3 is 4.74 Å². The number of benzene rings is 1. The summed E-state index contributed by atoms with van der Waals surface area (Å²) >= 11 is 0. The van der Waals surface area contributed by atoms with Crippen LogP contribution in [0.25, 0.3) is 0 Å². The van der Waals surface area contributed by atoms with Crippen LogP contribution in [0.5, 0.6) is 5.75 Å². The van der Waals surface area contributed by atoms with Crippen LogP contribution in [-0.2, 0) is 0 Å². The summed E-state index contributed by atoms with van der Waals surface area (Å²) in [7, 11) is 1.76. The van der Waals surface area contributed by atoms with Crippen molar-refractivity contribution >= 4 is 0 Å². The van der Waals surface area contributed by atoms with Crippen LogP contribution in [0.3, 0.4) is 0 Å². The van der Waals surface area contributed by atoms with E-state index in [1.165, 1.54) is 49.7 Å². The van der Waals surface area contributed by atoms with Crippen molar-refractivity contribution in [2.45, 2.75) is 51.4 Å². The summed E-state index contributed by atoms with van der Waals surface area (Å²) in [5.74, 6) is 1.80. The molecule has 2 rings (SSSR count).